The van der Waals surface area contributed by atoms with Crippen LogP contribution in [0.1, 0.15) is 10.4 Å². The number of fused-ring (bicyclic) bond motifs is 1. The zero-order valence-corrected chi connectivity index (χ0v) is 16.3. The van der Waals surface area contributed by atoms with E-state index in [1.165, 1.54) is 22.8 Å². The zero-order chi connectivity index (χ0) is 19.6. The first-order valence-corrected chi connectivity index (χ1v) is 8.89. The van der Waals surface area contributed by atoms with Gasteiger partial charge in [0.25, 0.3) is 5.91 Å². The third kappa shape index (κ3) is 4.01. The Hall–Kier alpha value is -2.31. The second-order valence-corrected chi connectivity index (χ2v) is 6.81. The van der Waals surface area contributed by atoms with Crippen LogP contribution in [0.15, 0.2) is 30.5 Å². The van der Waals surface area contributed by atoms with Crippen molar-refractivity contribution < 1.29 is 23.5 Å². The summed E-state index contributed by atoms with van der Waals surface area (Å²) < 4.78 is 30.2. The third-order valence-electron chi connectivity index (χ3n) is 3.76. The molecule has 0 aliphatic carbocycles. The van der Waals surface area contributed by atoms with E-state index in [1.807, 2.05) is 22.6 Å². The lowest BCUT2D eigenvalue weighted by molar-refractivity contribution is 0.0170. The number of rotatable bonds is 6. The summed E-state index contributed by atoms with van der Waals surface area (Å²) in [5.74, 6) is -1.59. The van der Waals surface area contributed by atoms with Crippen LogP contribution in [0.5, 0.6) is 0 Å². The molecule has 0 atom stereocenters. The van der Waals surface area contributed by atoms with Crippen molar-refractivity contribution in [1.29, 1.82) is 0 Å². The van der Waals surface area contributed by atoms with Crippen molar-refractivity contribution in [2.24, 2.45) is 7.05 Å². The topological polar surface area (TPSA) is 88.4 Å². The molecule has 0 aliphatic heterocycles. The molecule has 1 aromatic carbocycles. The Labute approximate surface area is 166 Å². The smallest absolute Gasteiger partial charge is 0.279 e. The number of pyridine rings is 1. The Morgan fingerprint density at radius 2 is 2.15 bits per heavy atom. The van der Waals surface area contributed by atoms with Crippen molar-refractivity contribution in [2.75, 3.05) is 18.5 Å². The molecule has 142 valence electrons. The molecule has 0 unspecified atom stereocenters. The lowest BCUT2D eigenvalue weighted by Crippen LogP contribution is -2.25. The van der Waals surface area contributed by atoms with Crippen LogP contribution in [-0.4, -0.2) is 33.8 Å². The van der Waals surface area contributed by atoms with E-state index in [4.69, 9.17) is 9.94 Å². The molecule has 2 heterocycles. The molecule has 27 heavy (non-hydrogen) atoms. The molecule has 2 aromatic heterocycles. The first-order valence-electron chi connectivity index (χ1n) is 7.81. The number of nitrogens with one attached hydrogen (secondary N) is 2. The molecule has 1 amide bonds. The number of aryl methyl sites for hydroxylation is 1. The van der Waals surface area contributed by atoms with Crippen LogP contribution >= 0.6 is 22.6 Å². The molecule has 0 bridgehead atoms. The largest absolute Gasteiger partial charge is 0.394 e. The van der Waals surface area contributed by atoms with Crippen molar-refractivity contribution in [3.63, 3.8) is 0 Å². The number of anilines is 2. The van der Waals surface area contributed by atoms with Gasteiger partial charge in [0.2, 0.25) is 0 Å². The number of halogens is 3. The molecular weight excluding hydrogens is 473 g/mol. The maximum absolute atomic E-state index is 14.3. The molecule has 3 rings (SSSR count). The lowest BCUT2D eigenvalue weighted by atomic mass is 10.2. The maximum Gasteiger partial charge on any atom is 0.279 e. The van der Waals surface area contributed by atoms with Crippen molar-refractivity contribution in [3.05, 3.63) is 51.2 Å². The number of carbonyl (C=O) groups is 1. The molecule has 0 saturated heterocycles. The molecule has 0 saturated carbocycles. The Bertz CT molecular complexity index is 1010. The standard InChI is InChI=1S/C17H15F2IN4O3/c1-24-15-11(6-9(18)8-21-15)14(17(26)23-27-5-4-25)16(24)22-13-3-2-10(20)7-12(13)19/h2-3,6-8,22,25H,4-5H2,1H3,(H,23,26). The molecule has 0 radical (unpaired) electrons. The quantitative estimate of drug-likeness (QED) is 0.282. The number of carbonyl (C=O) groups excluding carboxylic acids is 1. The molecule has 0 aliphatic rings. The van der Waals surface area contributed by atoms with Crippen molar-refractivity contribution in [3.8, 4) is 0 Å². The van der Waals surface area contributed by atoms with Gasteiger partial charge in [0.15, 0.2) is 0 Å². The maximum atomic E-state index is 14.3. The van der Waals surface area contributed by atoms with Gasteiger partial charge in [0, 0.05) is 16.0 Å². The summed E-state index contributed by atoms with van der Waals surface area (Å²) in [6, 6.07) is 5.75. The molecule has 10 heteroatoms. The van der Waals surface area contributed by atoms with E-state index >= 15 is 0 Å². The van der Waals surface area contributed by atoms with E-state index in [2.05, 4.69) is 15.8 Å². The highest BCUT2D eigenvalue weighted by Crippen LogP contribution is 2.32. The van der Waals surface area contributed by atoms with Crippen LogP contribution in [0.4, 0.5) is 20.3 Å². The van der Waals surface area contributed by atoms with Crippen LogP contribution in [0, 0.1) is 15.2 Å². The van der Waals surface area contributed by atoms with Crippen molar-refractivity contribution in [2.45, 2.75) is 0 Å². The number of aromatic nitrogens is 2. The molecule has 0 fully saturated rings. The number of hydrogen-bond acceptors (Lipinski definition) is 5. The van der Waals surface area contributed by atoms with Gasteiger partial charge >= 0.3 is 0 Å². The Morgan fingerprint density at radius 3 is 2.85 bits per heavy atom. The fourth-order valence-corrected chi connectivity index (χ4v) is 3.05. The van der Waals surface area contributed by atoms with E-state index in [-0.39, 0.29) is 35.7 Å². The van der Waals surface area contributed by atoms with Gasteiger partial charge in [0.1, 0.15) is 23.1 Å². The summed E-state index contributed by atoms with van der Waals surface area (Å²) in [7, 11) is 1.62. The summed E-state index contributed by atoms with van der Waals surface area (Å²) in [5, 5.41) is 11.9. The van der Waals surface area contributed by atoms with Gasteiger partial charge in [-0.25, -0.2) is 19.2 Å². The average Bonchev–Trinajstić information content (AvgIpc) is 2.89. The van der Waals surface area contributed by atoms with Crippen LogP contribution < -0.4 is 10.8 Å². The van der Waals surface area contributed by atoms with Gasteiger partial charge in [0.05, 0.1) is 30.7 Å². The van der Waals surface area contributed by atoms with Gasteiger partial charge in [-0.05, 0) is 46.9 Å². The SMILES string of the molecule is Cn1c(Nc2ccc(I)cc2F)c(C(=O)NOCCO)c2cc(F)cnc21. The first kappa shape index (κ1) is 19.5. The zero-order valence-electron chi connectivity index (χ0n) is 14.1. The summed E-state index contributed by atoms with van der Waals surface area (Å²) >= 11 is 1.99. The number of aliphatic hydroxyl groups excluding tert-OH is 1. The highest BCUT2D eigenvalue weighted by molar-refractivity contribution is 14.1. The van der Waals surface area contributed by atoms with Gasteiger partial charge in [-0.15, -0.1) is 0 Å². The van der Waals surface area contributed by atoms with Gasteiger partial charge in [-0.2, -0.15) is 0 Å². The summed E-state index contributed by atoms with van der Waals surface area (Å²) in [6.07, 6.45) is 1.03. The number of aliphatic hydroxyl groups is 1. The highest BCUT2D eigenvalue weighted by atomic mass is 127. The Morgan fingerprint density at radius 1 is 1.37 bits per heavy atom. The molecule has 0 spiro atoms. The van der Waals surface area contributed by atoms with Crippen LogP contribution in [0.2, 0.25) is 0 Å². The number of hydrogen-bond donors (Lipinski definition) is 3. The van der Waals surface area contributed by atoms with Gasteiger partial charge < -0.3 is 15.0 Å². The summed E-state index contributed by atoms with van der Waals surface area (Å²) in [5.41, 5.74) is 2.69. The highest BCUT2D eigenvalue weighted by Gasteiger charge is 2.24. The third-order valence-corrected chi connectivity index (χ3v) is 4.43. The van der Waals surface area contributed by atoms with E-state index in [9.17, 15) is 13.6 Å². The first-order chi connectivity index (χ1) is 12.9. The minimum atomic E-state index is -0.685. The Kier molecular flexibility index (Phi) is 5.87. The average molecular weight is 488 g/mol. The predicted molar refractivity (Wildman–Crippen MR) is 104 cm³/mol. The second kappa shape index (κ2) is 8.15. The van der Waals surface area contributed by atoms with Crippen LogP contribution in [0.25, 0.3) is 11.0 Å². The molecular formula is C17H15F2IN4O3. The lowest BCUT2D eigenvalue weighted by Gasteiger charge is -2.12. The van der Waals surface area contributed by atoms with E-state index in [0.717, 1.165) is 6.20 Å². The molecule has 3 aromatic rings. The Balaban J connectivity index is 2.10. The second-order valence-electron chi connectivity index (χ2n) is 5.56. The minimum Gasteiger partial charge on any atom is -0.394 e. The van der Waals surface area contributed by atoms with E-state index in [1.54, 1.807) is 13.1 Å². The molecule has 7 nitrogen and oxygen atoms in total. The molecule has 3 N–H and O–H groups in total. The van der Waals surface area contributed by atoms with E-state index < -0.39 is 17.5 Å². The van der Waals surface area contributed by atoms with Gasteiger partial charge in [-0.1, -0.05) is 0 Å². The van der Waals surface area contributed by atoms with E-state index in [0.29, 0.717) is 9.22 Å². The normalized spacial score (nSPS) is 11.0. The van der Waals surface area contributed by atoms with Gasteiger partial charge in [-0.3, -0.25) is 9.63 Å². The van der Waals surface area contributed by atoms with Crippen molar-refractivity contribution in [1.82, 2.24) is 15.0 Å². The minimum absolute atomic E-state index is 0.0374. The summed E-state index contributed by atoms with van der Waals surface area (Å²) in [6.45, 7) is -0.400. The predicted octanol–water partition coefficient (Wildman–Crippen LogP) is 2.85. The number of hydroxylamine groups is 1. The summed E-state index contributed by atoms with van der Waals surface area (Å²) in [4.78, 5) is 21.5. The van der Waals surface area contributed by atoms with Crippen LogP contribution in [0.3, 0.4) is 0 Å². The number of benzene rings is 1. The number of nitrogens with zero attached hydrogens (tertiary/aromatic N) is 2. The fraction of sp³-hybridized carbons (Fsp3) is 0.176. The fourth-order valence-electron chi connectivity index (χ4n) is 2.59. The van der Waals surface area contributed by atoms with Crippen LogP contribution in [-0.2, 0) is 11.9 Å². The van der Waals surface area contributed by atoms with Crippen molar-refractivity contribution >= 4 is 51.0 Å². The monoisotopic (exact) mass is 488 g/mol. The number of amides is 1.